The number of hydrogen-bond acceptors (Lipinski definition) is 4. The van der Waals surface area contributed by atoms with Crippen LogP contribution >= 0.6 is 0 Å². The van der Waals surface area contributed by atoms with Crippen LogP contribution in [0.1, 0.15) is 18.5 Å². The van der Waals surface area contributed by atoms with Crippen molar-refractivity contribution in [2.24, 2.45) is 0 Å². The summed E-state index contributed by atoms with van der Waals surface area (Å²) >= 11 is 0. The molecule has 0 amide bonds. The molecule has 2 rings (SSSR count). The molecular weight excluding hydrogens is 250 g/mol. The largest absolute Gasteiger partial charge is 0.497 e. The van der Waals surface area contributed by atoms with Crippen molar-refractivity contribution in [1.82, 2.24) is 10.3 Å². The van der Waals surface area contributed by atoms with Gasteiger partial charge in [0.1, 0.15) is 11.6 Å². The minimum atomic E-state index is 0.301. The Balaban J connectivity index is 2.30. The second kappa shape index (κ2) is 6.39. The molecule has 4 nitrogen and oxygen atoms in total. The fraction of sp³-hybridized carbons (Fsp3) is 0.312. The van der Waals surface area contributed by atoms with Gasteiger partial charge in [-0.2, -0.15) is 0 Å². The number of aromatic nitrogens is 1. The molecule has 2 aromatic rings. The minimum Gasteiger partial charge on any atom is -0.497 e. The Morgan fingerprint density at radius 1 is 1.25 bits per heavy atom. The van der Waals surface area contributed by atoms with Gasteiger partial charge in [-0.3, -0.25) is 0 Å². The number of benzene rings is 1. The van der Waals surface area contributed by atoms with Gasteiger partial charge in [-0.25, -0.2) is 4.98 Å². The lowest BCUT2D eigenvalue weighted by Gasteiger charge is -2.20. The van der Waals surface area contributed by atoms with Gasteiger partial charge in [0, 0.05) is 31.0 Å². The molecule has 1 heterocycles. The molecule has 1 unspecified atom stereocenters. The Kier molecular flexibility index (Phi) is 4.58. The first-order valence-electron chi connectivity index (χ1n) is 6.66. The molecule has 1 atom stereocenters. The molecular formula is C16H21N3O. The molecule has 0 bridgehead atoms. The highest BCUT2D eigenvalue weighted by atomic mass is 16.5. The normalized spacial score (nSPS) is 12.0. The van der Waals surface area contributed by atoms with E-state index in [0.29, 0.717) is 6.04 Å². The number of anilines is 2. The van der Waals surface area contributed by atoms with Crippen LogP contribution in [0.2, 0.25) is 0 Å². The first-order valence-corrected chi connectivity index (χ1v) is 6.66. The van der Waals surface area contributed by atoms with Crippen molar-refractivity contribution >= 4 is 11.5 Å². The highest BCUT2D eigenvalue weighted by Gasteiger charge is 2.09. The van der Waals surface area contributed by atoms with Crippen LogP contribution < -0.4 is 15.0 Å². The van der Waals surface area contributed by atoms with Gasteiger partial charge in [0.05, 0.1) is 7.11 Å². The molecule has 1 aromatic heterocycles. The number of hydrogen-bond donors (Lipinski definition) is 1. The number of nitrogens with zero attached hydrogens (tertiary/aromatic N) is 2. The van der Waals surface area contributed by atoms with Gasteiger partial charge in [-0.15, -0.1) is 0 Å². The van der Waals surface area contributed by atoms with Crippen molar-refractivity contribution < 1.29 is 4.74 Å². The topological polar surface area (TPSA) is 37.4 Å². The van der Waals surface area contributed by atoms with Crippen molar-refractivity contribution in [2.75, 3.05) is 26.1 Å². The van der Waals surface area contributed by atoms with Crippen LogP contribution in [0.5, 0.6) is 5.75 Å². The molecule has 0 aliphatic heterocycles. The Morgan fingerprint density at radius 3 is 2.75 bits per heavy atom. The van der Waals surface area contributed by atoms with E-state index in [9.17, 15) is 0 Å². The summed E-state index contributed by atoms with van der Waals surface area (Å²) in [5.74, 6) is 1.76. The zero-order chi connectivity index (χ0) is 14.5. The third kappa shape index (κ3) is 3.08. The Bertz CT molecular complexity index is 571. The molecule has 20 heavy (non-hydrogen) atoms. The molecule has 0 radical (unpaired) electrons. The molecule has 0 aliphatic rings. The standard InChI is InChI=1S/C16H21N3O/c1-12(17-2)13-8-9-18-16(10-13)19(3)14-6-5-7-15(11-14)20-4/h5-12,17H,1-4H3. The van der Waals surface area contributed by atoms with Gasteiger partial charge in [0.15, 0.2) is 0 Å². The second-order valence-corrected chi connectivity index (χ2v) is 4.72. The summed E-state index contributed by atoms with van der Waals surface area (Å²) in [7, 11) is 5.63. The highest BCUT2D eigenvalue weighted by molar-refractivity contribution is 5.61. The van der Waals surface area contributed by atoms with Crippen molar-refractivity contribution in [1.29, 1.82) is 0 Å². The lowest BCUT2D eigenvalue weighted by Crippen LogP contribution is -2.15. The fourth-order valence-corrected chi connectivity index (χ4v) is 2.00. The van der Waals surface area contributed by atoms with E-state index in [0.717, 1.165) is 17.3 Å². The maximum atomic E-state index is 5.26. The van der Waals surface area contributed by atoms with E-state index in [2.05, 4.69) is 28.2 Å². The van der Waals surface area contributed by atoms with E-state index in [1.54, 1.807) is 7.11 Å². The van der Waals surface area contributed by atoms with E-state index in [-0.39, 0.29) is 0 Å². The molecule has 0 saturated carbocycles. The third-order valence-electron chi connectivity index (χ3n) is 3.49. The molecule has 106 valence electrons. The molecule has 4 heteroatoms. The summed E-state index contributed by atoms with van der Waals surface area (Å²) in [4.78, 5) is 6.50. The monoisotopic (exact) mass is 271 g/mol. The third-order valence-corrected chi connectivity index (χ3v) is 3.49. The van der Waals surface area contributed by atoms with Gasteiger partial charge in [0.2, 0.25) is 0 Å². The van der Waals surface area contributed by atoms with Crippen LogP contribution in [0.15, 0.2) is 42.6 Å². The SMILES string of the molecule is CNC(C)c1ccnc(N(C)c2cccc(OC)c2)c1. The molecule has 1 aromatic carbocycles. The zero-order valence-corrected chi connectivity index (χ0v) is 12.4. The summed E-state index contributed by atoms with van der Waals surface area (Å²) in [6.45, 7) is 2.13. The minimum absolute atomic E-state index is 0.301. The summed E-state index contributed by atoms with van der Waals surface area (Å²) in [6, 6.07) is 12.4. The fourth-order valence-electron chi connectivity index (χ4n) is 2.00. The number of rotatable bonds is 5. The van der Waals surface area contributed by atoms with Gasteiger partial charge >= 0.3 is 0 Å². The quantitative estimate of drug-likeness (QED) is 0.906. The van der Waals surface area contributed by atoms with Crippen molar-refractivity contribution in [3.8, 4) is 5.75 Å². The van der Waals surface area contributed by atoms with Crippen LogP contribution in [0.3, 0.4) is 0 Å². The number of nitrogens with one attached hydrogen (secondary N) is 1. The second-order valence-electron chi connectivity index (χ2n) is 4.72. The van der Waals surface area contributed by atoms with Crippen LogP contribution in [0.4, 0.5) is 11.5 Å². The van der Waals surface area contributed by atoms with Gasteiger partial charge < -0.3 is 15.0 Å². The summed E-state index contributed by atoms with van der Waals surface area (Å²) in [5, 5.41) is 3.24. The lowest BCUT2D eigenvalue weighted by atomic mass is 10.1. The zero-order valence-electron chi connectivity index (χ0n) is 12.4. The predicted octanol–water partition coefficient (Wildman–Crippen LogP) is 3.14. The average molecular weight is 271 g/mol. The number of methoxy groups -OCH3 is 1. The predicted molar refractivity (Wildman–Crippen MR) is 82.8 cm³/mol. The van der Waals surface area contributed by atoms with Crippen LogP contribution in [0, 0.1) is 0 Å². The summed E-state index contributed by atoms with van der Waals surface area (Å²) < 4.78 is 5.26. The highest BCUT2D eigenvalue weighted by Crippen LogP contribution is 2.26. The molecule has 1 N–H and O–H groups in total. The Morgan fingerprint density at radius 2 is 2.05 bits per heavy atom. The van der Waals surface area contributed by atoms with E-state index in [4.69, 9.17) is 4.74 Å². The molecule has 0 spiro atoms. The van der Waals surface area contributed by atoms with Gasteiger partial charge in [-0.05, 0) is 43.8 Å². The molecule has 0 saturated heterocycles. The lowest BCUT2D eigenvalue weighted by molar-refractivity contribution is 0.415. The smallest absolute Gasteiger partial charge is 0.132 e. The first kappa shape index (κ1) is 14.3. The average Bonchev–Trinajstić information content (AvgIpc) is 2.53. The van der Waals surface area contributed by atoms with Crippen LogP contribution in [-0.4, -0.2) is 26.2 Å². The number of pyridine rings is 1. The van der Waals surface area contributed by atoms with Crippen LogP contribution in [-0.2, 0) is 0 Å². The van der Waals surface area contributed by atoms with E-state index >= 15 is 0 Å². The van der Waals surface area contributed by atoms with E-state index < -0.39 is 0 Å². The molecule has 0 fully saturated rings. The van der Waals surface area contributed by atoms with Crippen LogP contribution in [0.25, 0.3) is 0 Å². The van der Waals surface area contributed by atoms with Crippen molar-refractivity contribution in [3.05, 3.63) is 48.2 Å². The summed E-state index contributed by atoms with van der Waals surface area (Å²) in [5.41, 5.74) is 2.26. The summed E-state index contributed by atoms with van der Waals surface area (Å²) in [6.07, 6.45) is 1.84. The van der Waals surface area contributed by atoms with Crippen molar-refractivity contribution in [2.45, 2.75) is 13.0 Å². The van der Waals surface area contributed by atoms with E-state index in [1.807, 2.05) is 50.6 Å². The Hall–Kier alpha value is -2.07. The maximum absolute atomic E-state index is 5.26. The maximum Gasteiger partial charge on any atom is 0.132 e. The first-order chi connectivity index (χ1) is 9.65. The van der Waals surface area contributed by atoms with Crippen molar-refractivity contribution in [3.63, 3.8) is 0 Å². The van der Waals surface area contributed by atoms with Gasteiger partial charge in [-0.1, -0.05) is 6.07 Å². The molecule has 0 aliphatic carbocycles. The Labute approximate surface area is 120 Å². The number of ether oxygens (including phenoxy) is 1. The van der Waals surface area contributed by atoms with Gasteiger partial charge in [0.25, 0.3) is 0 Å². The van der Waals surface area contributed by atoms with E-state index in [1.165, 1.54) is 5.56 Å².